The first-order valence-electron chi connectivity index (χ1n) is 15.1. The number of carbonyl (C=O) groups is 1. The molecule has 1 unspecified atom stereocenters. The fourth-order valence-corrected chi connectivity index (χ4v) is 5.35. The number of aliphatic imine (C=N–C) groups is 1. The number of benzene rings is 3. The summed E-state index contributed by atoms with van der Waals surface area (Å²) in [5, 5.41) is 19.0. The minimum Gasteiger partial charge on any atom is -0.496 e. The van der Waals surface area contributed by atoms with E-state index in [1.807, 2.05) is 30.3 Å². The van der Waals surface area contributed by atoms with E-state index >= 15 is 0 Å². The number of ether oxygens (including phenoxy) is 2. The van der Waals surface area contributed by atoms with E-state index in [-0.39, 0.29) is 18.3 Å². The van der Waals surface area contributed by atoms with Crippen LogP contribution in [0.25, 0.3) is 11.3 Å². The van der Waals surface area contributed by atoms with E-state index in [1.165, 1.54) is 12.1 Å². The number of unbranched alkanes of at least 4 members (excludes halogenated alkanes) is 3. The summed E-state index contributed by atoms with van der Waals surface area (Å²) in [7, 11) is 1.62. The molecule has 10 nitrogen and oxygen atoms in total. The molecular formula is C34H37ClFN5O5. The Morgan fingerprint density at radius 3 is 2.74 bits per heavy atom. The predicted molar refractivity (Wildman–Crippen MR) is 176 cm³/mol. The lowest BCUT2D eigenvalue weighted by atomic mass is 10.0. The number of hydroxylamine groups is 1. The molecule has 0 saturated carbocycles. The molecule has 2 heterocycles. The van der Waals surface area contributed by atoms with Gasteiger partial charge in [0.15, 0.2) is 0 Å². The van der Waals surface area contributed by atoms with Gasteiger partial charge in [-0.1, -0.05) is 36.6 Å². The Hall–Kier alpha value is -4.58. The molecule has 0 bridgehead atoms. The number of halogens is 2. The van der Waals surface area contributed by atoms with Crippen LogP contribution in [0.1, 0.15) is 55.2 Å². The lowest BCUT2D eigenvalue weighted by Gasteiger charge is -2.25. The Bertz CT molecular complexity index is 1660. The maximum absolute atomic E-state index is 13.5. The molecule has 1 atom stereocenters. The number of fused-ring (bicyclic) bond motifs is 1. The molecule has 242 valence electrons. The normalized spacial score (nSPS) is 13.5. The Labute approximate surface area is 271 Å². The summed E-state index contributed by atoms with van der Waals surface area (Å²) in [5.74, 6) is 1.96. The highest BCUT2D eigenvalue weighted by atomic mass is 35.5. The lowest BCUT2D eigenvalue weighted by molar-refractivity contribution is -0.129. The molecule has 0 fully saturated rings. The first-order chi connectivity index (χ1) is 22.4. The van der Waals surface area contributed by atoms with Gasteiger partial charge in [0.1, 0.15) is 41.6 Å². The maximum Gasteiger partial charge on any atom is 0.243 e. The van der Waals surface area contributed by atoms with Gasteiger partial charge < -0.3 is 29.8 Å². The van der Waals surface area contributed by atoms with E-state index in [2.05, 4.69) is 20.9 Å². The van der Waals surface area contributed by atoms with Gasteiger partial charge in [-0.2, -0.15) is 0 Å². The van der Waals surface area contributed by atoms with Crippen LogP contribution in [0.15, 0.2) is 76.1 Å². The zero-order valence-corrected chi connectivity index (χ0v) is 26.2. The van der Waals surface area contributed by atoms with Crippen LogP contribution in [0, 0.1) is 5.82 Å². The number of hydrogen-bond donors (Lipinski definition) is 5. The fourth-order valence-electron chi connectivity index (χ4n) is 5.11. The minimum atomic E-state index is -0.412. The Morgan fingerprint density at radius 1 is 1.07 bits per heavy atom. The van der Waals surface area contributed by atoms with E-state index in [0.717, 1.165) is 60.5 Å². The van der Waals surface area contributed by atoms with Crippen molar-refractivity contribution in [3.8, 4) is 22.8 Å². The Kier molecular flexibility index (Phi) is 11.5. The van der Waals surface area contributed by atoms with Crippen molar-refractivity contribution in [2.75, 3.05) is 24.3 Å². The summed E-state index contributed by atoms with van der Waals surface area (Å²) < 4.78 is 31.2. The van der Waals surface area contributed by atoms with Gasteiger partial charge in [-0.25, -0.2) is 14.9 Å². The van der Waals surface area contributed by atoms with Crippen molar-refractivity contribution in [2.45, 2.75) is 51.4 Å². The molecule has 5 rings (SSSR count). The molecular weight excluding hydrogens is 613 g/mol. The number of furan rings is 1. The molecule has 1 aliphatic heterocycles. The van der Waals surface area contributed by atoms with Crippen molar-refractivity contribution in [3.63, 3.8) is 0 Å². The standard InChI is InChI=1S/C34H37ClFN5O5/c1-44-32-18-29-26(17-27(32)30-13-11-25(46-30)19-37-14-5-3-2-4-9-33(42)41-43)34(39-21-38-29)40-24-10-12-31(28(35)16-24)45-20-22-7-6-8-23(36)15-22/h6-8,10-13,15-18,21,34,37,40,43H,2-5,9,14,19-20H2,1H3,(H,38,39)(H,41,42). The fraction of sp³-hybridized carbons (Fsp3) is 0.294. The van der Waals surface area contributed by atoms with Crippen LogP contribution in [0.5, 0.6) is 11.5 Å². The van der Waals surface area contributed by atoms with Gasteiger partial charge in [0.05, 0.1) is 36.3 Å². The third-order valence-corrected chi connectivity index (χ3v) is 7.78. The summed E-state index contributed by atoms with van der Waals surface area (Å²) >= 11 is 6.54. The van der Waals surface area contributed by atoms with E-state index in [4.69, 9.17) is 30.7 Å². The predicted octanol–water partition coefficient (Wildman–Crippen LogP) is 7.44. The highest BCUT2D eigenvalue weighted by Gasteiger charge is 2.23. The number of nitrogens with zero attached hydrogens (tertiary/aromatic N) is 1. The topological polar surface area (TPSA) is 129 Å². The van der Waals surface area contributed by atoms with Crippen LogP contribution >= 0.6 is 11.6 Å². The van der Waals surface area contributed by atoms with E-state index in [1.54, 1.807) is 43.2 Å². The number of carbonyl (C=O) groups excluding carboxylic acids is 1. The van der Waals surface area contributed by atoms with Gasteiger partial charge in [0.25, 0.3) is 0 Å². The number of amides is 1. The van der Waals surface area contributed by atoms with E-state index in [9.17, 15) is 9.18 Å². The van der Waals surface area contributed by atoms with Crippen molar-refractivity contribution in [1.82, 2.24) is 10.8 Å². The summed E-state index contributed by atoms with van der Waals surface area (Å²) in [4.78, 5) is 15.7. The zero-order valence-electron chi connectivity index (χ0n) is 25.4. The summed E-state index contributed by atoms with van der Waals surface area (Å²) in [6.45, 7) is 1.60. The molecule has 0 radical (unpaired) electrons. The van der Waals surface area contributed by atoms with Crippen molar-refractivity contribution in [3.05, 3.63) is 94.5 Å². The van der Waals surface area contributed by atoms with Crippen LogP contribution in [0.4, 0.5) is 15.8 Å². The molecule has 1 amide bonds. The molecule has 46 heavy (non-hydrogen) atoms. The highest BCUT2D eigenvalue weighted by Crippen LogP contribution is 2.41. The highest BCUT2D eigenvalue weighted by molar-refractivity contribution is 6.32. The molecule has 1 aromatic heterocycles. The van der Waals surface area contributed by atoms with Crippen molar-refractivity contribution < 1.29 is 28.3 Å². The smallest absolute Gasteiger partial charge is 0.243 e. The number of anilines is 2. The largest absolute Gasteiger partial charge is 0.496 e. The van der Waals surface area contributed by atoms with Gasteiger partial charge in [-0.3, -0.25) is 10.0 Å². The van der Waals surface area contributed by atoms with Crippen LogP contribution in [-0.4, -0.2) is 31.1 Å². The number of nitrogens with one attached hydrogen (secondary N) is 4. The third-order valence-electron chi connectivity index (χ3n) is 7.49. The zero-order chi connectivity index (χ0) is 32.3. The van der Waals surface area contributed by atoms with Crippen LogP contribution in [-0.2, 0) is 17.9 Å². The van der Waals surface area contributed by atoms with Crippen LogP contribution in [0.2, 0.25) is 5.02 Å². The third kappa shape index (κ3) is 8.78. The second kappa shape index (κ2) is 16.1. The van der Waals surface area contributed by atoms with Crippen LogP contribution < -0.4 is 30.9 Å². The Morgan fingerprint density at radius 2 is 1.93 bits per heavy atom. The second-order valence-electron chi connectivity index (χ2n) is 10.8. The molecule has 3 aromatic carbocycles. The number of methoxy groups -OCH3 is 1. The quantitative estimate of drug-likeness (QED) is 0.0481. The average molecular weight is 650 g/mol. The Balaban J connectivity index is 1.20. The lowest BCUT2D eigenvalue weighted by Crippen LogP contribution is -2.17. The van der Waals surface area contributed by atoms with Crippen molar-refractivity contribution >= 4 is 35.2 Å². The van der Waals surface area contributed by atoms with Crippen LogP contribution in [0.3, 0.4) is 0 Å². The molecule has 4 aromatic rings. The molecule has 0 aliphatic carbocycles. The average Bonchev–Trinajstić information content (AvgIpc) is 3.53. The first-order valence-corrected chi connectivity index (χ1v) is 15.5. The molecule has 0 saturated heterocycles. The van der Waals surface area contributed by atoms with E-state index in [0.29, 0.717) is 40.8 Å². The molecule has 0 spiro atoms. The summed E-state index contributed by atoms with van der Waals surface area (Å²) in [6, 6.07) is 19.4. The minimum absolute atomic E-state index is 0.195. The molecule has 12 heteroatoms. The summed E-state index contributed by atoms with van der Waals surface area (Å²) in [5.41, 5.74) is 5.65. The number of hydrogen-bond acceptors (Lipinski definition) is 9. The molecule has 1 aliphatic rings. The van der Waals surface area contributed by atoms with Crippen molar-refractivity contribution in [1.29, 1.82) is 0 Å². The number of rotatable bonds is 16. The van der Waals surface area contributed by atoms with Crippen molar-refractivity contribution in [2.24, 2.45) is 4.99 Å². The SMILES string of the molecule is COc1cc2c(cc1-c1ccc(CNCCCCCCC(=O)NO)o1)C(Nc1ccc(OCc3cccc(F)c3)c(Cl)c1)N=CN2. The molecule has 5 N–H and O–H groups in total. The van der Waals surface area contributed by atoms with Gasteiger partial charge >= 0.3 is 0 Å². The van der Waals surface area contributed by atoms with Gasteiger partial charge in [-0.05, 0) is 73.5 Å². The van der Waals surface area contributed by atoms with Gasteiger partial charge in [0, 0.05) is 23.7 Å². The first kappa shape index (κ1) is 32.8. The maximum atomic E-state index is 13.5. The van der Waals surface area contributed by atoms with Gasteiger partial charge in [-0.15, -0.1) is 0 Å². The van der Waals surface area contributed by atoms with Gasteiger partial charge in [0.2, 0.25) is 5.91 Å². The monoisotopic (exact) mass is 649 g/mol. The van der Waals surface area contributed by atoms with E-state index < -0.39 is 6.17 Å². The second-order valence-corrected chi connectivity index (χ2v) is 11.2. The summed E-state index contributed by atoms with van der Waals surface area (Å²) in [6.07, 6.45) is 5.21.